The highest BCUT2D eigenvalue weighted by Gasteiger charge is 2.22. The maximum Gasteiger partial charge on any atom is 0.241 e. The van der Waals surface area contributed by atoms with Crippen LogP contribution in [0.1, 0.15) is 12.5 Å². The van der Waals surface area contributed by atoms with Crippen LogP contribution in [-0.4, -0.2) is 20.4 Å². The number of nitrogens with one attached hydrogen (secondary N) is 1. The van der Waals surface area contributed by atoms with E-state index in [0.29, 0.717) is 0 Å². The van der Waals surface area contributed by atoms with Crippen molar-refractivity contribution in [2.75, 3.05) is 0 Å². The molecule has 0 aromatic heterocycles. The van der Waals surface area contributed by atoms with Crippen molar-refractivity contribution in [2.24, 2.45) is 5.73 Å². The Kier molecular flexibility index (Phi) is 3.84. The van der Waals surface area contributed by atoms with E-state index in [-0.39, 0.29) is 10.5 Å². The summed E-state index contributed by atoms with van der Waals surface area (Å²) in [5.41, 5.74) is 5.22. The van der Waals surface area contributed by atoms with E-state index in [1.54, 1.807) is 0 Å². The summed E-state index contributed by atoms with van der Waals surface area (Å²) < 4.78 is 38.6. The van der Waals surface area contributed by atoms with Crippen molar-refractivity contribution in [3.05, 3.63) is 29.6 Å². The molecule has 0 heterocycles. The molecule has 0 saturated carbocycles. The van der Waals surface area contributed by atoms with Crippen LogP contribution < -0.4 is 10.5 Å². The van der Waals surface area contributed by atoms with Crippen LogP contribution in [0.15, 0.2) is 23.1 Å². The van der Waals surface area contributed by atoms with Gasteiger partial charge in [0, 0.05) is 0 Å². The van der Waals surface area contributed by atoms with Crippen molar-refractivity contribution in [3.8, 4) is 0 Å². The average molecular weight is 260 g/mol. The second kappa shape index (κ2) is 4.80. The minimum atomic E-state index is -3.87. The van der Waals surface area contributed by atoms with Crippen LogP contribution in [0.5, 0.6) is 0 Å². The Balaban J connectivity index is 3.10. The SMILES string of the molecule is Cc1cc(F)ccc1S(=O)(=O)N[C@@H](C)C(N)=O. The standard InChI is InChI=1S/C10H13FN2O3S/c1-6-5-8(11)3-4-9(6)17(15,16)13-7(2)10(12)14/h3-5,7,13H,1-2H3,(H2,12,14)/t7-/m0/s1. The van der Waals surface area contributed by atoms with Crippen molar-refractivity contribution in [2.45, 2.75) is 24.8 Å². The van der Waals surface area contributed by atoms with Gasteiger partial charge in [0.15, 0.2) is 0 Å². The largest absolute Gasteiger partial charge is 0.368 e. The summed E-state index contributed by atoms with van der Waals surface area (Å²) >= 11 is 0. The van der Waals surface area contributed by atoms with E-state index in [4.69, 9.17) is 5.73 Å². The Morgan fingerprint density at radius 3 is 2.53 bits per heavy atom. The summed E-state index contributed by atoms with van der Waals surface area (Å²) in [6.07, 6.45) is 0. The van der Waals surface area contributed by atoms with Crippen LogP contribution in [0.25, 0.3) is 0 Å². The van der Waals surface area contributed by atoms with Gasteiger partial charge >= 0.3 is 0 Å². The van der Waals surface area contributed by atoms with Gasteiger partial charge in [-0.25, -0.2) is 12.8 Å². The lowest BCUT2D eigenvalue weighted by Crippen LogP contribution is -2.42. The van der Waals surface area contributed by atoms with Gasteiger partial charge in [-0.05, 0) is 37.6 Å². The van der Waals surface area contributed by atoms with Gasteiger partial charge in [-0.1, -0.05) is 0 Å². The molecule has 17 heavy (non-hydrogen) atoms. The number of primary amides is 1. The van der Waals surface area contributed by atoms with Crippen LogP contribution in [0, 0.1) is 12.7 Å². The van der Waals surface area contributed by atoms with Crippen molar-refractivity contribution in [1.29, 1.82) is 0 Å². The summed E-state index contributed by atoms with van der Waals surface area (Å²) in [7, 11) is -3.87. The fourth-order valence-corrected chi connectivity index (χ4v) is 2.71. The van der Waals surface area contributed by atoms with Gasteiger partial charge in [-0.3, -0.25) is 4.79 Å². The van der Waals surface area contributed by atoms with Gasteiger partial charge in [0.2, 0.25) is 15.9 Å². The molecule has 1 amide bonds. The second-order valence-electron chi connectivity index (χ2n) is 3.66. The van der Waals surface area contributed by atoms with Crippen molar-refractivity contribution in [1.82, 2.24) is 4.72 Å². The van der Waals surface area contributed by atoms with Crippen molar-refractivity contribution in [3.63, 3.8) is 0 Å². The van der Waals surface area contributed by atoms with Crippen LogP contribution in [0.4, 0.5) is 4.39 Å². The fraction of sp³-hybridized carbons (Fsp3) is 0.300. The molecule has 0 radical (unpaired) electrons. The molecule has 0 spiro atoms. The van der Waals surface area contributed by atoms with Gasteiger partial charge in [-0.15, -0.1) is 0 Å². The number of rotatable bonds is 4. The summed E-state index contributed by atoms with van der Waals surface area (Å²) in [4.78, 5) is 10.7. The monoisotopic (exact) mass is 260 g/mol. The number of hydrogen-bond acceptors (Lipinski definition) is 3. The van der Waals surface area contributed by atoms with Crippen LogP contribution in [-0.2, 0) is 14.8 Å². The lowest BCUT2D eigenvalue weighted by atomic mass is 10.2. The Morgan fingerprint density at radius 1 is 1.47 bits per heavy atom. The second-order valence-corrected chi connectivity index (χ2v) is 5.34. The molecule has 94 valence electrons. The molecule has 0 fully saturated rings. The first kappa shape index (κ1) is 13.6. The van der Waals surface area contributed by atoms with Gasteiger partial charge in [0.25, 0.3) is 0 Å². The highest BCUT2D eigenvalue weighted by atomic mass is 32.2. The van der Waals surface area contributed by atoms with Gasteiger partial charge < -0.3 is 5.73 Å². The molecule has 0 aliphatic heterocycles. The molecule has 0 unspecified atom stereocenters. The number of amides is 1. The number of benzene rings is 1. The lowest BCUT2D eigenvalue weighted by Gasteiger charge is -2.12. The van der Waals surface area contributed by atoms with Crippen molar-refractivity contribution >= 4 is 15.9 Å². The molecular formula is C10H13FN2O3S. The van der Waals surface area contributed by atoms with Gasteiger partial charge in [0.1, 0.15) is 5.82 Å². The van der Waals surface area contributed by atoms with Gasteiger partial charge in [-0.2, -0.15) is 4.72 Å². The third kappa shape index (κ3) is 3.24. The normalized spacial score (nSPS) is 13.4. The molecular weight excluding hydrogens is 247 g/mol. The summed E-state index contributed by atoms with van der Waals surface area (Å²) in [6, 6.07) is 2.25. The third-order valence-electron chi connectivity index (χ3n) is 2.19. The summed E-state index contributed by atoms with van der Waals surface area (Å²) in [5.74, 6) is -1.31. The molecule has 0 aliphatic carbocycles. The van der Waals surface area contributed by atoms with E-state index in [0.717, 1.165) is 18.2 Å². The molecule has 0 saturated heterocycles. The number of halogens is 1. The van der Waals surface area contributed by atoms with Crippen LogP contribution >= 0.6 is 0 Å². The average Bonchev–Trinajstić information content (AvgIpc) is 2.15. The van der Waals surface area contributed by atoms with E-state index in [1.165, 1.54) is 13.8 Å². The maximum absolute atomic E-state index is 12.8. The van der Waals surface area contributed by atoms with E-state index in [1.807, 2.05) is 0 Å². The third-order valence-corrected chi connectivity index (χ3v) is 3.89. The molecule has 0 aliphatic rings. The zero-order valence-corrected chi connectivity index (χ0v) is 10.2. The first-order valence-corrected chi connectivity index (χ1v) is 6.30. The quantitative estimate of drug-likeness (QED) is 0.815. The maximum atomic E-state index is 12.8. The predicted octanol–water partition coefficient (Wildman–Crippen LogP) is 0.286. The smallest absolute Gasteiger partial charge is 0.241 e. The Bertz CT molecular complexity index is 542. The topological polar surface area (TPSA) is 89.3 Å². The molecule has 3 N–H and O–H groups in total. The van der Waals surface area contributed by atoms with Crippen LogP contribution in [0.2, 0.25) is 0 Å². The molecule has 0 bridgehead atoms. The van der Waals surface area contributed by atoms with Gasteiger partial charge in [0.05, 0.1) is 10.9 Å². The molecule has 1 rings (SSSR count). The number of sulfonamides is 1. The highest BCUT2D eigenvalue weighted by Crippen LogP contribution is 2.16. The molecule has 5 nitrogen and oxygen atoms in total. The first-order chi connectivity index (χ1) is 7.74. The van der Waals surface area contributed by atoms with E-state index in [2.05, 4.69) is 4.72 Å². The molecule has 7 heteroatoms. The number of hydrogen-bond donors (Lipinski definition) is 2. The zero-order valence-electron chi connectivity index (χ0n) is 9.40. The number of aryl methyl sites for hydroxylation is 1. The van der Waals surface area contributed by atoms with E-state index in [9.17, 15) is 17.6 Å². The summed E-state index contributed by atoms with van der Waals surface area (Å²) in [5, 5.41) is 0. The molecule has 1 aromatic rings. The van der Waals surface area contributed by atoms with Crippen LogP contribution in [0.3, 0.4) is 0 Å². The molecule has 1 atom stereocenters. The molecule has 1 aromatic carbocycles. The highest BCUT2D eigenvalue weighted by molar-refractivity contribution is 7.89. The fourth-order valence-electron chi connectivity index (χ4n) is 1.27. The Morgan fingerprint density at radius 2 is 2.06 bits per heavy atom. The Labute approximate surface area is 98.9 Å². The van der Waals surface area contributed by atoms with E-state index < -0.39 is 27.8 Å². The Hall–Kier alpha value is -1.47. The summed E-state index contributed by atoms with van der Waals surface area (Å²) in [6.45, 7) is 2.80. The van der Waals surface area contributed by atoms with E-state index >= 15 is 0 Å². The minimum absolute atomic E-state index is 0.0769. The minimum Gasteiger partial charge on any atom is -0.368 e. The lowest BCUT2D eigenvalue weighted by molar-refractivity contribution is -0.119. The number of nitrogens with two attached hydrogens (primary N) is 1. The number of carbonyl (C=O) groups is 1. The number of carbonyl (C=O) groups excluding carboxylic acids is 1. The van der Waals surface area contributed by atoms with Crippen molar-refractivity contribution < 1.29 is 17.6 Å². The first-order valence-electron chi connectivity index (χ1n) is 4.82. The zero-order chi connectivity index (χ0) is 13.2. The predicted molar refractivity (Wildman–Crippen MR) is 60.1 cm³/mol.